The Hall–Kier alpha value is -1.60. The van der Waals surface area contributed by atoms with E-state index in [-0.39, 0.29) is 10.8 Å². The van der Waals surface area contributed by atoms with E-state index in [1.807, 2.05) is 6.07 Å². The molecule has 2 saturated heterocycles. The van der Waals surface area contributed by atoms with Crippen LogP contribution in [0.2, 0.25) is 0 Å². The van der Waals surface area contributed by atoms with Crippen LogP contribution in [0, 0.1) is 5.92 Å². The predicted octanol–water partition coefficient (Wildman–Crippen LogP) is 3.77. The molecular formula is C23H35N3O3S. The molecule has 30 heavy (non-hydrogen) atoms. The van der Waals surface area contributed by atoms with Crippen LogP contribution in [0.15, 0.2) is 23.1 Å². The van der Waals surface area contributed by atoms with Crippen LogP contribution in [-0.2, 0) is 10.0 Å². The summed E-state index contributed by atoms with van der Waals surface area (Å²) in [5.41, 5.74) is 1.38. The van der Waals surface area contributed by atoms with Gasteiger partial charge in [0, 0.05) is 38.4 Å². The highest BCUT2D eigenvalue weighted by molar-refractivity contribution is 7.89. The van der Waals surface area contributed by atoms with Gasteiger partial charge in [0.1, 0.15) is 0 Å². The smallest absolute Gasteiger partial charge is 0.253 e. The van der Waals surface area contributed by atoms with Gasteiger partial charge in [0.05, 0.1) is 10.5 Å². The van der Waals surface area contributed by atoms with Crippen LogP contribution < -0.4 is 10.2 Å². The predicted molar refractivity (Wildman–Crippen MR) is 119 cm³/mol. The minimum Gasteiger partial charge on any atom is -0.371 e. The van der Waals surface area contributed by atoms with Gasteiger partial charge in [-0.1, -0.05) is 19.3 Å². The molecule has 4 rings (SSSR count). The quantitative estimate of drug-likeness (QED) is 0.741. The van der Waals surface area contributed by atoms with Crippen molar-refractivity contribution in [2.75, 3.05) is 37.6 Å². The van der Waals surface area contributed by atoms with Crippen LogP contribution in [0.5, 0.6) is 0 Å². The summed E-state index contributed by atoms with van der Waals surface area (Å²) in [6, 6.07) is 5.17. The zero-order valence-electron chi connectivity index (χ0n) is 17.9. The fourth-order valence-electron chi connectivity index (χ4n) is 5.07. The highest BCUT2D eigenvalue weighted by atomic mass is 32.2. The largest absolute Gasteiger partial charge is 0.371 e. The van der Waals surface area contributed by atoms with Gasteiger partial charge >= 0.3 is 0 Å². The number of carbonyl (C=O) groups is 1. The summed E-state index contributed by atoms with van der Waals surface area (Å²) in [5, 5.41) is 3.10. The van der Waals surface area contributed by atoms with Crippen LogP contribution in [0.25, 0.3) is 0 Å². The highest BCUT2D eigenvalue weighted by Crippen LogP contribution is 2.30. The number of amides is 1. The maximum Gasteiger partial charge on any atom is 0.253 e. The van der Waals surface area contributed by atoms with Crippen molar-refractivity contribution < 1.29 is 13.2 Å². The van der Waals surface area contributed by atoms with E-state index in [9.17, 15) is 13.2 Å². The molecule has 1 aliphatic carbocycles. The molecule has 0 bridgehead atoms. The average Bonchev–Trinajstić information content (AvgIpc) is 3.32. The third-order valence-corrected chi connectivity index (χ3v) is 8.78. The molecule has 1 saturated carbocycles. The second-order valence-corrected chi connectivity index (χ2v) is 11.0. The fraction of sp³-hybridized carbons (Fsp3) is 0.696. The lowest BCUT2D eigenvalue weighted by Crippen LogP contribution is -2.36. The lowest BCUT2D eigenvalue weighted by atomic mass is 10.1. The van der Waals surface area contributed by atoms with Crippen LogP contribution in [0.3, 0.4) is 0 Å². The summed E-state index contributed by atoms with van der Waals surface area (Å²) in [7, 11) is -3.56. The van der Waals surface area contributed by atoms with Gasteiger partial charge in [-0.15, -0.1) is 0 Å². The van der Waals surface area contributed by atoms with E-state index in [0.717, 1.165) is 50.9 Å². The number of carbonyl (C=O) groups excluding carboxylic acids is 1. The maximum atomic E-state index is 13.2. The molecule has 166 valence electrons. The van der Waals surface area contributed by atoms with Crippen molar-refractivity contribution in [2.45, 2.75) is 69.1 Å². The Kier molecular flexibility index (Phi) is 6.98. The number of hydrogen-bond acceptors (Lipinski definition) is 4. The third-order valence-electron chi connectivity index (χ3n) is 6.89. The SMILES string of the molecule is O=C(NCC1CCCC1)c1cc(S(=O)(=O)N2CCCCC2)ccc1N1CCCCC1. The summed E-state index contributed by atoms with van der Waals surface area (Å²) in [6.07, 6.45) is 11.1. The second-order valence-electron chi connectivity index (χ2n) is 9.05. The van der Waals surface area contributed by atoms with Gasteiger partial charge < -0.3 is 10.2 Å². The van der Waals surface area contributed by atoms with E-state index in [4.69, 9.17) is 0 Å². The lowest BCUT2D eigenvalue weighted by Gasteiger charge is -2.31. The van der Waals surface area contributed by atoms with Crippen molar-refractivity contribution in [3.8, 4) is 0 Å². The van der Waals surface area contributed by atoms with Gasteiger partial charge in [-0.05, 0) is 69.1 Å². The van der Waals surface area contributed by atoms with Crippen LogP contribution in [0.4, 0.5) is 5.69 Å². The van der Waals surface area contributed by atoms with Crippen molar-refractivity contribution in [2.24, 2.45) is 5.92 Å². The fourth-order valence-corrected chi connectivity index (χ4v) is 6.61. The summed E-state index contributed by atoms with van der Waals surface area (Å²) in [5.74, 6) is 0.408. The van der Waals surface area contributed by atoms with E-state index in [1.54, 1.807) is 16.4 Å². The maximum absolute atomic E-state index is 13.2. The number of hydrogen-bond donors (Lipinski definition) is 1. The number of rotatable bonds is 6. The molecule has 7 heteroatoms. The first-order chi connectivity index (χ1) is 14.6. The van der Waals surface area contributed by atoms with Crippen molar-refractivity contribution in [3.05, 3.63) is 23.8 Å². The van der Waals surface area contributed by atoms with Crippen LogP contribution in [-0.4, -0.2) is 51.4 Å². The number of benzene rings is 1. The molecule has 3 fully saturated rings. The molecule has 2 aliphatic heterocycles. The average molecular weight is 434 g/mol. The zero-order valence-corrected chi connectivity index (χ0v) is 18.8. The summed E-state index contributed by atoms with van der Waals surface area (Å²) < 4.78 is 28.0. The molecule has 1 N–H and O–H groups in total. The van der Waals surface area contributed by atoms with Crippen molar-refractivity contribution >= 4 is 21.6 Å². The van der Waals surface area contributed by atoms with Crippen molar-refractivity contribution in [3.63, 3.8) is 0 Å². The van der Waals surface area contributed by atoms with Crippen LogP contribution in [0.1, 0.15) is 74.6 Å². The monoisotopic (exact) mass is 433 g/mol. The van der Waals surface area contributed by atoms with Gasteiger partial charge in [0.15, 0.2) is 0 Å². The number of piperidine rings is 2. The molecule has 6 nitrogen and oxygen atoms in total. The van der Waals surface area contributed by atoms with Gasteiger partial charge in [0.25, 0.3) is 5.91 Å². The summed E-state index contributed by atoms with van der Waals surface area (Å²) in [4.78, 5) is 15.7. The molecule has 0 aromatic heterocycles. The molecule has 2 heterocycles. The molecule has 0 spiro atoms. The Morgan fingerprint density at radius 2 is 1.53 bits per heavy atom. The Labute approximate surface area is 181 Å². The van der Waals surface area contributed by atoms with Crippen molar-refractivity contribution in [1.82, 2.24) is 9.62 Å². The van der Waals surface area contributed by atoms with Gasteiger partial charge in [-0.3, -0.25) is 4.79 Å². The summed E-state index contributed by atoms with van der Waals surface area (Å²) >= 11 is 0. The molecule has 1 aromatic carbocycles. The number of sulfonamides is 1. The molecule has 0 atom stereocenters. The standard InChI is InChI=1S/C23H35N3O3S/c27-23(24-18-19-9-3-4-10-19)21-17-20(30(28,29)26-15-7-2-8-16-26)11-12-22(21)25-13-5-1-6-14-25/h11-12,17,19H,1-10,13-16,18H2,(H,24,27). The van der Waals surface area contributed by atoms with E-state index in [0.29, 0.717) is 31.1 Å². The Balaban J connectivity index is 1.60. The van der Waals surface area contributed by atoms with E-state index in [2.05, 4.69) is 10.2 Å². The van der Waals surface area contributed by atoms with E-state index in [1.165, 1.54) is 32.1 Å². The molecule has 0 radical (unpaired) electrons. The topological polar surface area (TPSA) is 69.7 Å². The number of nitrogens with zero attached hydrogens (tertiary/aromatic N) is 2. The normalized spacial score (nSPS) is 21.7. The molecule has 3 aliphatic rings. The molecule has 1 amide bonds. The first-order valence-electron chi connectivity index (χ1n) is 11.7. The Bertz CT molecular complexity index is 837. The summed E-state index contributed by atoms with van der Waals surface area (Å²) in [6.45, 7) is 3.66. The molecule has 1 aromatic rings. The van der Waals surface area contributed by atoms with E-state index >= 15 is 0 Å². The Morgan fingerprint density at radius 1 is 0.900 bits per heavy atom. The van der Waals surface area contributed by atoms with E-state index < -0.39 is 10.0 Å². The first kappa shape index (κ1) is 21.6. The minimum atomic E-state index is -3.56. The molecule has 0 unspecified atom stereocenters. The lowest BCUT2D eigenvalue weighted by molar-refractivity contribution is 0.0947. The number of anilines is 1. The van der Waals surface area contributed by atoms with Crippen LogP contribution >= 0.6 is 0 Å². The van der Waals surface area contributed by atoms with Gasteiger partial charge in [-0.25, -0.2) is 8.42 Å². The highest BCUT2D eigenvalue weighted by Gasteiger charge is 2.29. The second kappa shape index (κ2) is 9.69. The van der Waals surface area contributed by atoms with Gasteiger partial charge in [0.2, 0.25) is 10.0 Å². The van der Waals surface area contributed by atoms with Gasteiger partial charge in [-0.2, -0.15) is 4.31 Å². The zero-order chi connectivity index (χ0) is 21.0. The third kappa shape index (κ3) is 4.83. The molecular weight excluding hydrogens is 398 g/mol. The first-order valence-corrected chi connectivity index (χ1v) is 13.2. The Morgan fingerprint density at radius 3 is 2.20 bits per heavy atom. The van der Waals surface area contributed by atoms with Crippen molar-refractivity contribution in [1.29, 1.82) is 0 Å². The minimum absolute atomic E-state index is 0.141. The number of nitrogens with one attached hydrogen (secondary N) is 1.